The lowest BCUT2D eigenvalue weighted by molar-refractivity contribution is -0.115. The Labute approximate surface area is 107 Å². The molecule has 0 radical (unpaired) electrons. The van der Waals surface area contributed by atoms with Crippen molar-refractivity contribution in [2.75, 3.05) is 4.31 Å². The van der Waals surface area contributed by atoms with Gasteiger partial charge in [0.05, 0.1) is 10.6 Å². The lowest BCUT2D eigenvalue weighted by atomic mass is 10.5. The maximum Gasteiger partial charge on any atom is 0.271 e. The molecule has 0 saturated carbocycles. The van der Waals surface area contributed by atoms with E-state index in [0.717, 1.165) is 4.31 Å². The molecular formula is C10H9NO3S3. The lowest BCUT2D eigenvalue weighted by Crippen LogP contribution is -2.34. The van der Waals surface area contributed by atoms with E-state index in [1.54, 1.807) is 22.2 Å². The van der Waals surface area contributed by atoms with Gasteiger partial charge in [0.2, 0.25) is 5.91 Å². The van der Waals surface area contributed by atoms with Crippen molar-refractivity contribution in [3.05, 3.63) is 33.7 Å². The summed E-state index contributed by atoms with van der Waals surface area (Å²) in [5.74, 6) is -0.519. The number of rotatable bonds is 3. The van der Waals surface area contributed by atoms with E-state index in [1.165, 1.54) is 41.0 Å². The van der Waals surface area contributed by atoms with Crippen LogP contribution in [0.25, 0.3) is 0 Å². The molecule has 0 bridgehead atoms. The van der Waals surface area contributed by atoms with Crippen LogP contribution in [0.2, 0.25) is 0 Å². The molecule has 4 nitrogen and oxygen atoms in total. The van der Waals surface area contributed by atoms with Crippen molar-refractivity contribution in [2.45, 2.75) is 11.8 Å². The Morgan fingerprint density at radius 2 is 1.82 bits per heavy atom. The molecule has 0 N–H and O–H groups in total. The largest absolute Gasteiger partial charge is 0.274 e. The predicted molar refractivity (Wildman–Crippen MR) is 69.0 cm³/mol. The lowest BCUT2D eigenvalue weighted by Gasteiger charge is -2.18. The van der Waals surface area contributed by atoms with Crippen molar-refractivity contribution in [1.29, 1.82) is 0 Å². The first kappa shape index (κ1) is 12.3. The molecule has 0 saturated heterocycles. The van der Waals surface area contributed by atoms with E-state index < -0.39 is 15.9 Å². The molecule has 90 valence electrons. The summed E-state index contributed by atoms with van der Waals surface area (Å²) in [5, 5.41) is 6.54. The number of hydrogen-bond acceptors (Lipinski definition) is 5. The van der Waals surface area contributed by atoms with Crippen LogP contribution in [0.1, 0.15) is 6.92 Å². The smallest absolute Gasteiger partial charge is 0.271 e. The molecule has 0 aliphatic rings. The third-order valence-electron chi connectivity index (χ3n) is 2.06. The molecule has 0 aromatic carbocycles. The first-order chi connectivity index (χ1) is 8.03. The quantitative estimate of drug-likeness (QED) is 0.871. The van der Waals surface area contributed by atoms with E-state index in [0.29, 0.717) is 5.69 Å². The minimum atomic E-state index is -3.78. The van der Waals surface area contributed by atoms with Gasteiger partial charge in [0.1, 0.15) is 0 Å². The third kappa shape index (κ3) is 2.26. The molecule has 2 heterocycles. The fourth-order valence-corrected chi connectivity index (χ4v) is 4.49. The topological polar surface area (TPSA) is 54.5 Å². The maximum absolute atomic E-state index is 12.2. The van der Waals surface area contributed by atoms with Gasteiger partial charge in [-0.05, 0) is 22.9 Å². The Bertz CT molecular complexity index is 599. The molecular weight excluding hydrogens is 278 g/mol. The second kappa shape index (κ2) is 4.59. The van der Waals surface area contributed by atoms with Gasteiger partial charge < -0.3 is 0 Å². The normalized spacial score (nSPS) is 11.4. The van der Waals surface area contributed by atoms with Gasteiger partial charge in [0.25, 0.3) is 10.0 Å². The van der Waals surface area contributed by atoms with E-state index in [2.05, 4.69) is 0 Å². The van der Waals surface area contributed by atoms with Crippen molar-refractivity contribution in [3.63, 3.8) is 0 Å². The number of carbonyl (C=O) groups is 1. The highest BCUT2D eigenvalue weighted by Gasteiger charge is 2.29. The average Bonchev–Trinajstić information content (AvgIpc) is 2.88. The number of carbonyl (C=O) groups excluding carboxylic acids is 1. The van der Waals surface area contributed by atoms with Crippen LogP contribution in [-0.2, 0) is 14.8 Å². The van der Waals surface area contributed by atoms with Gasteiger partial charge in [0.15, 0.2) is 0 Å². The summed E-state index contributed by atoms with van der Waals surface area (Å²) in [6, 6.07) is 3.10. The molecule has 0 fully saturated rings. The zero-order valence-corrected chi connectivity index (χ0v) is 11.3. The van der Waals surface area contributed by atoms with Gasteiger partial charge in [-0.1, -0.05) is 0 Å². The van der Waals surface area contributed by atoms with Gasteiger partial charge in [-0.2, -0.15) is 22.7 Å². The van der Waals surface area contributed by atoms with E-state index in [4.69, 9.17) is 0 Å². The molecule has 17 heavy (non-hydrogen) atoms. The Morgan fingerprint density at radius 3 is 2.29 bits per heavy atom. The summed E-state index contributed by atoms with van der Waals surface area (Å²) in [6.45, 7) is 1.24. The van der Waals surface area contributed by atoms with Crippen molar-refractivity contribution in [3.8, 4) is 0 Å². The van der Waals surface area contributed by atoms with E-state index >= 15 is 0 Å². The molecule has 2 aromatic rings. The van der Waals surface area contributed by atoms with E-state index in [-0.39, 0.29) is 4.90 Å². The maximum atomic E-state index is 12.2. The van der Waals surface area contributed by atoms with Crippen molar-refractivity contribution in [2.24, 2.45) is 0 Å². The number of sulfonamides is 1. The molecule has 0 spiro atoms. The second-order valence-electron chi connectivity index (χ2n) is 3.23. The van der Waals surface area contributed by atoms with E-state index in [9.17, 15) is 13.2 Å². The minimum Gasteiger partial charge on any atom is -0.274 e. The van der Waals surface area contributed by atoms with Crippen LogP contribution in [-0.4, -0.2) is 14.3 Å². The Kier molecular flexibility index (Phi) is 3.32. The average molecular weight is 287 g/mol. The van der Waals surface area contributed by atoms with E-state index in [1.807, 2.05) is 0 Å². The number of thiophene rings is 2. The summed E-state index contributed by atoms with van der Waals surface area (Å²) < 4.78 is 25.3. The molecule has 7 heteroatoms. The molecule has 0 atom stereocenters. The summed E-state index contributed by atoms with van der Waals surface area (Å²) in [5.41, 5.74) is 0.383. The summed E-state index contributed by atoms with van der Waals surface area (Å²) in [6.07, 6.45) is 0. The fraction of sp³-hybridized carbons (Fsp3) is 0.100. The van der Waals surface area contributed by atoms with Crippen LogP contribution >= 0.6 is 22.7 Å². The third-order valence-corrected chi connectivity index (χ3v) is 5.36. The highest BCUT2D eigenvalue weighted by Crippen LogP contribution is 2.26. The Hall–Kier alpha value is -1.18. The minimum absolute atomic E-state index is 0.143. The molecule has 2 aromatic heterocycles. The Balaban J connectivity index is 2.53. The number of amides is 1. The van der Waals surface area contributed by atoms with Crippen LogP contribution in [0.3, 0.4) is 0 Å². The standard InChI is InChI=1S/C10H9NO3S3/c1-8(12)11(9-2-4-15-6-9)17(13,14)10-3-5-16-7-10/h2-7H,1H3. The molecule has 0 unspecified atom stereocenters. The first-order valence-electron chi connectivity index (χ1n) is 4.64. The van der Waals surface area contributed by atoms with Gasteiger partial charge in [0, 0.05) is 17.7 Å². The summed E-state index contributed by atoms with van der Waals surface area (Å²) in [7, 11) is -3.78. The predicted octanol–water partition coefficient (Wildman–Crippen LogP) is 2.55. The highest BCUT2D eigenvalue weighted by molar-refractivity contribution is 7.93. The van der Waals surface area contributed by atoms with Gasteiger partial charge in [-0.3, -0.25) is 4.79 Å². The monoisotopic (exact) mass is 287 g/mol. The van der Waals surface area contributed by atoms with Crippen LogP contribution < -0.4 is 4.31 Å². The second-order valence-corrected chi connectivity index (χ2v) is 6.58. The fourth-order valence-electron chi connectivity index (χ4n) is 1.37. The molecule has 1 amide bonds. The van der Waals surface area contributed by atoms with Crippen molar-refractivity contribution < 1.29 is 13.2 Å². The van der Waals surface area contributed by atoms with Crippen LogP contribution in [0.4, 0.5) is 5.69 Å². The SMILES string of the molecule is CC(=O)N(c1ccsc1)S(=O)(=O)c1ccsc1. The number of hydrogen-bond donors (Lipinski definition) is 0. The van der Waals surface area contributed by atoms with Gasteiger partial charge in [-0.15, -0.1) is 0 Å². The van der Waals surface area contributed by atoms with Gasteiger partial charge >= 0.3 is 0 Å². The Morgan fingerprint density at radius 1 is 1.18 bits per heavy atom. The molecule has 0 aliphatic heterocycles. The number of nitrogens with zero attached hydrogens (tertiary/aromatic N) is 1. The first-order valence-corrected chi connectivity index (χ1v) is 7.96. The van der Waals surface area contributed by atoms with Crippen LogP contribution in [0.15, 0.2) is 38.5 Å². The van der Waals surface area contributed by atoms with Crippen molar-refractivity contribution in [1.82, 2.24) is 0 Å². The molecule has 2 rings (SSSR count). The van der Waals surface area contributed by atoms with Gasteiger partial charge in [-0.25, -0.2) is 12.7 Å². The zero-order valence-electron chi connectivity index (χ0n) is 8.86. The zero-order chi connectivity index (χ0) is 12.5. The van der Waals surface area contributed by atoms with Crippen LogP contribution in [0.5, 0.6) is 0 Å². The summed E-state index contributed by atoms with van der Waals surface area (Å²) >= 11 is 2.62. The van der Waals surface area contributed by atoms with Crippen molar-refractivity contribution >= 4 is 44.3 Å². The highest BCUT2D eigenvalue weighted by atomic mass is 32.2. The molecule has 0 aliphatic carbocycles. The van der Waals surface area contributed by atoms with Crippen LogP contribution in [0, 0.1) is 0 Å². The summed E-state index contributed by atoms with van der Waals surface area (Å²) in [4.78, 5) is 11.7. The number of anilines is 1.